The Kier molecular flexibility index (Phi) is 7.66. The van der Waals surface area contributed by atoms with Crippen LogP contribution in [-0.2, 0) is 11.3 Å². The van der Waals surface area contributed by atoms with E-state index in [9.17, 15) is 10.1 Å². The van der Waals surface area contributed by atoms with Crippen molar-refractivity contribution in [2.75, 3.05) is 40.0 Å². The van der Waals surface area contributed by atoms with Crippen molar-refractivity contribution in [3.8, 4) is 5.75 Å². The number of halogens is 1. The summed E-state index contributed by atoms with van der Waals surface area (Å²) in [4.78, 5) is 17.7. The predicted octanol–water partition coefficient (Wildman–Crippen LogP) is 2.80. The molecule has 0 bridgehead atoms. The van der Waals surface area contributed by atoms with Crippen LogP contribution in [0, 0.1) is 15.5 Å². The van der Waals surface area contributed by atoms with Crippen LogP contribution in [0.1, 0.15) is 25.3 Å². The first-order valence-corrected chi connectivity index (χ1v) is 8.99. The summed E-state index contributed by atoms with van der Waals surface area (Å²) in [6, 6.07) is 4.97. The number of benzene rings is 1. The minimum atomic E-state index is -0.429. The fraction of sp³-hybridized carbons (Fsp3) is 0.611. The average Bonchev–Trinajstić information content (AvgIpc) is 3.28. The summed E-state index contributed by atoms with van der Waals surface area (Å²) in [5, 5.41) is 14.5. The standard InChI is InChI=1S/C18H26N4O4.HI/c1-3-19-17(21-8-6-18(12-21)7-9-26-13-18)20-11-14-4-5-16(25-2)15(10-14)22(23)24;/h4-5,10H,3,6-9,11-13H2,1-2H3,(H,19,20);1H. The molecule has 9 heteroatoms. The number of nitrogens with zero attached hydrogens (tertiary/aromatic N) is 3. The first-order valence-electron chi connectivity index (χ1n) is 8.99. The Morgan fingerprint density at radius 2 is 2.30 bits per heavy atom. The van der Waals surface area contributed by atoms with Crippen molar-refractivity contribution in [1.82, 2.24) is 10.2 Å². The van der Waals surface area contributed by atoms with E-state index in [0.29, 0.717) is 6.54 Å². The maximum absolute atomic E-state index is 11.2. The van der Waals surface area contributed by atoms with Gasteiger partial charge in [0.2, 0.25) is 0 Å². The Labute approximate surface area is 176 Å². The normalized spacial score (nSPS) is 22.0. The van der Waals surface area contributed by atoms with Crippen molar-refractivity contribution in [2.45, 2.75) is 26.3 Å². The molecule has 0 amide bonds. The monoisotopic (exact) mass is 490 g/mol. The van der Waals surface area contributed by atoms with Crippen LogP contribution < -0.4 is 10.1 Å². The van der Waals surface area contributed by atoms with Gasteiger partial charge in [0.05, 0.1) is 25.2 Å². The number of nitro groups is 1. The highest BCUT2D eigenvalue weighted by Gasteiger charge is 2.42. The average molecular weight is 490 g/mol. The van der Waals surface area contributed by atoms with Gasteiger partial charge in [0, 0.05) is 37.7 Å². The summed E-state index contributed by atoms with van der Waals surface area (Å²) >= 11 is 0. The van der Waals surface area contributed by atoms with Crippen LogP contribution >= 0.6 is 24.0 Å². The van der Waals surface area contributed by atoms with Crippen LogP contribution in [0.25, 0.3) is 0 Å². The first kappa shape index (κ1) is 21.7. The quantitative estimate of drug-likeness (QED) is 0.225. The summed E-state index contributed by atoms with van der Waals surface area (Å²) < 4.78 is 10.6. The van der Waals surface area contributed by atoms with E-state index >= 15 is 0 Å². The second-order valence-corrected chi connectivity index (χ2v) is 6.91. The van der Waals surface area contributed by atoms with Crippen molar-refractivity contribution in [3.63, 3.8) is 0 Å². The molecule has 0 saturated carbocycles. The molecule has 1 aromatic rings. The third kappa shape index (κ3) is 5.01. The number of rotatable bonds is 5. The largest absolute Gasteiger partial charge is 0.490 e. The smallest absolute Gasteiger partial charge is 0.311 e. The summed E-state index contributed by atoms with van der Waals surface area (Å²) in [5.41, 5.74) is 1.01. The molecule has 2 aliphatic rings. The number of hydrogen-bond donors (Lipinski definition) is 1. The molecule has 1 unspecified atom stereocenters. The molecule has 2 aliphatic heterocycles. The Hall–Kier alpha value is -1.62. The summed E-state index contributed by atoms with van der Waals surface area (Å²) in [6.07, 6.45) is 2.22. The van der Waals surface area contributed by atoms with Gasteiger partial charge in [0.15, 0.2) is 11.7 Å². The topological polar surface area (TPSA) is 89.2 Å². The van der Waals surface area contributed by atoms with Crippen LogP contribution in [-0.4, -0.2) is 55.7 Å². The fourth-order valence-corrected chi connectivity index (χ4v) is 3.66. The fourth-order valence-electron chi connectivity index (χ4n) is 3.66. The maximum Gasteiger partial charge on any atom is 0.311 e. The van der Waals surface area contributed by atoms with Gasteiger partial charge in [0.25, 0.3) is 0 Å². The van der Waals surface area contributed by atoms with Gasteiger partial charge < -0.3 is 19.7 Å². The molecule has 2 heterocycles. The van der Waals surface area contributed by atoms with Crippen LogP contribution in [0.15, 0.2) is 23.2 Å². The summed E-state index contributed by atoms with van der Waals surface area (Å²) in [7, 11) is 1.43. The molecule has 0 aliphatic carbocycles. The van der Waals surface area contributed by atoms with Gasteiger partial charge in [-0.15, -0.1) is 24.0 Å². The lowest BCUT2D eigenvalue weighted by molar-refractivity contribution is -0.385. The van der Waals surface area contributed by atoms with Crippen LogP contribution in [0.3, 0.4) is 0 Å². The lowest BCUT2D eigenvalue weighted by Crippen LogP contribution is -2.41. The molecule has 2 saturated heterocycles. The predicted molar refractivity (Wildman–Crippen MR) is 114 cm³/mol. The molecular weight excluding hydrogens is 463 g/mol. The molecule has 27 heavy (non-hydrogen) atoms. The van der Waals surface area contributed by atoms with E-state index < -0.39 is 4.92 Å². The van der Waals surface area contributed by atoms with Gasteiger partial charge in [-0.1, -0.05) is 6.07 Å². The summed E-state index contributed by atoms with van der Waals surface area (Å²) in [5.74, 6) is 1.12. The van der Waals surface area contributed by atoms with Crippen molar-refractivity contribution >= 4 is 35.6 Å². The summed E-state index contributed by atoms with van der Waals surface area (Å²) in [6.45, 7) is 6.77. The number of nitro benzene ring substituents is 1. The van der Waals surface area contributed by atoms with E-state index in [1.54, 1.807) is 6.07 Å². The highest BCUT2D eigenvalue weighted by atomic mass is 127. The molecular formula is C18H27IN4O4. The SMILES string of the molecule is CCNC(=NCc1ccc(OC)c([N+](=O)[O-])c1)N1CCC2(CCOC2)C1.I. The van der Waals surface area contributed by atoms with Crippen molar-refractivity contribution in [3.05, 3.63) is 33.9 Å². The number of hydrogen-bond acceptors (Lipinski definition) is 5. The van der Waals surface area contributed by atoms with Gasteiger partial charge >= 0.3 is 5.69 Å². The van der Waals surface area contributed by atoms with Crippen molar-refractivity contribution < 1.29 is 14.4 Å². The number of likely N-dealkylation sites (tertiary alicyclic amines) is 1. The Balaban J connectivity index is 0.00000261. The third-order valence-electron chi connectivity index (χ3n) is 5.11. The van der Waals surface area contributed by atoms with Gasteiger partial charge in [-0.25, -0.2) is 4.99 Å². The third-order valence-corrected chi connectivity index (χ3v) is 5.11. The molecule has 1 spiro atoms. The zero-order valence-corrected chi connectivity index (χ0v) is 18.1. The minimum Gasteiger partial charge on any atom is -0.490 e. The van der Waals surface area contributed by atoms with Crippen LogP contribution in [0.4, 0.5) is 5.69 Å². The number of aliphatic imine (C=N–C) groups is 1. The number of methoxy groups -OCH3 is 1. The number of nitrogens with one attached hydrogen (secondary N) is 1. The number of ether oxygens (including phenoxy) is 2. The lowest BCUT2D eigenvalue weighted by Gasteiger charge is -2.25. The van der Waals surface area contributed by atoms with E-state index in [1.807, 2.05) is 13.0 Å². The first-order chi connectivity index (χ1) is 12.6. The molecule has 8 nitrogen and oxygen atoms in total. The minimum absolute atomic E-state index is 0. The molecule has 0 radical (unpaired) electrons. The van der Waals surface area contributed by atoms with E-state index in [0.717, 1.165) is 57.2 Å². The maximum atomic E-state index is 11.2. The molecule has 1 N–H and O–H groups in total. The van der Waals surface area contributed by atoms with Crippen LogP contribution in [0.2, 0.25) is 0 Å². The van der Waals surface area contributed by atoms with Gasteiger partial charge in [-0.05, 0) is 31.4 Å². The second kappa shape index (κ2) is 9.54. The second-order valence-electron chi connectivity index (χ2n) is 6.91. The van der Waals surface area contributed by atoms with E-state index in [-0.39, 0.29) is 40.8 Å². The molecule has 1 atom stereocenters. The Morgan fingerprint density at radius 1 is 1.48 bits per heavy atom. The van der Waals surface area contributed by atoms with Gasteiger partial charge in [-0.3, -0.25) is 10.1 Å². The lowest BCUT2D eigenvalue weighted by atomic mass is 9.87. The molecule has 3 rings (SSSR count). The molecule has 150 valence electrons. The molecule has 2 fully saturated rings. The van der Waals surface area contributed by atoms with Gasteiger partial charge in [-0.2, -0.15) is 0 Å². The van der Waals surface area contributed by atoms with Crippen LogP contribution in [0.5, 0.6) is 5.75 Å². The zero-order chi connectivity index (χ0) is 18.6. The number of guanidine groups is 1. The highest BCUT2D eigenvalue weighted by Crippen LogP contribution is 2.38. The van der Waals surface area contributed by atoms with E-state index in [2.05, 4.69) is 10.2 Å². The molecule has 1 aromatic carbocycles. The van der Waals surface area contributed by atoms with E-state index in [1.165, 1.54) is 13.2 Å². The van der Waals surface area contributed by atoms with Crippen molar-refractivity contribution in [1.29, 1.82) is 0 Å². The van der Waals surface area contributed by atoms with Gasteiger partial charge in [0.1, 0.15) is 0 Å². The van der Waals surface area contributed by atoms with Crippen molar-refractivity contribution in [2.24, 2.45) is 10.4 Å². The Bertz CT molecular complexity index is 692. The molecule has 0 aromatic heterocycles. The van der Waals surface area contributed by atoms with E-state index in [4.69, 9.17) is 14.5 Å². The zero-order valence-electron chi connectivity index (χ0n) is 15.8. The Morgan fingerprint density at radius 3 is 2.93 bits per heavy atom. The highest BCUT2D eigenvalue weighted by molar-refractivity contribution is 14.0.